The van der Waals surface area contributed by atoms with Gasteiger partial charge in [-0.2, -0.15) is 5.10 Å². The van der Waals surface area contributed by atoms with Crippen molar-refractivity contribution in [2.24, 2.45) is 5.92 Å². The van der Waals surface area contributed by atoms with Gasteiger partial charge in [-0.25, -0.2) is 0 Å². The number of nitrogens with one attached hydrogen (secondary N) is 3. The average Bonchev–Trinajstić information content (AvgIpc) is 2.98. The number of nitrogens with zero attached hydrogens (tertiary/aromatic N) is 1. The third-order valence-electron chi connectivity index (χ3n) is 3.10. The number of H-pyrrole nitrogens is 1. The predicted octanol–water partition coefficient (Wildman–Crippen LogP) is 0.612. The number of hydrogen-bond donors (Lipinski definition) is 3. The summed E-state index contributed by atoms with van der Waals surface area (Å²) in [6.45, 7) is 0.852. The van der Waals surface area contributed by atoms with Crippen molar-refractivity contribution in [2.75, 3.05) is 13.1 Å². The smallest absolute Gasteiger partial charge is 0.269 e. The fraction of sp³-hybridized carbons (Fsp3) is 0.462. The second kappa shape index (κ2) is 6.72. The molecule has 19 heavy (non-hydrogen) atoms. The van der Waals surface area contributed by atoms with Crippen LogP contribution in [0.15, 0.2) is 24.4 Å². The number of aromatic nitrogens is 2. The topological polar surface area (TPSA) is 86.9 Å². The van der Waals surface area contributed by atoms with Gasteiger partial charge >= 0.3 is 0 Å². The van der Waals surface area contributed by atoms with Crippen molar-refractivity contribution in [1.29, 1.82) is 0 Å². The van der Waals surface area contributed by atoms with E-state index in [4.69, 9.17) is 0 Å². The second-order valence-electron chi connectivity index (χ2n) is 4.50. The van der Waals surface area contributed by atoms with Gasteiger partial charge < -0.3 is 10.6 Å². The molecule has 0 spiro atoms. The first kappa shape index (κ1) is 13.3. The van der Waals surface area contributed by atoms with Crippen molar-refractivity contribution >= 4 is 11.8 Å². The summed E-state index contributed by atoms with van der Waals surface area (Å²) in [7, 11) is 0. The first-order valence-electron chi connectivity index (χ1n) is 6.47. The molecule has 6 heteroatoms. The molecule has 1 aromatic rings. The lowest BCUT2D eigenvalue weighted by molar-refractivity contribution is -0.125. The molecule has 0 fully saturated rings. The van der Waals surface area contributed by atoms with Crippen LogP contribution < -0.4 is 10.6 Å². The van der Waals surface area contributed by atoms with Crippen LogP contribution in [-0.2, 0) is 4.79 Å². The third kappa shape index (κ3) is 3.94. The Morgan fingerprint density at radius 2 is 2.16 bits per heavy atom. The van der Waals surface area contributed by atoms with E-state index >= 15 is 0 Å². The van der Waals surface area contributed by atoms with E-state index in [0.29, 0.717) is 18.8 Å². The number of hydrogen-bond acceptors (Lipinski definition) is 3. The number of allylic oxidation sites excluding steroid dienone is 2. The zero-order chi connectivity index (χ0) is 13.5. The van der Waals surface area contributed by atoms with Crippen LogP contribution in [0.3, 0.4) is 0 Å². The van der Waals surface area contributed by atoms with Crippen molar-refractivity contribution in [3.63, 3.8) is 0 Å². The Bertz CT molecular complexity index is 453. The van der Waals surface area contributed by atoms with Gasteiger partial charge in [0.15, 0.2) is 0 Å². The number of carbonyl (C=O) groups excluding carboxylic acids is 2. The average molecular weight is 262 g/mol. The standard InChI is InChI=1S/C13H18N4O2/c18-12(10-4-2-1-3-5-10)14-8-9-15-13(19)11-6-7-16-17-11/h1-2,6-7,10H,3-5,8-9H2,(H,14,18)(H,15,19)(H,16,17). The molecule has 0 bridgehead atoms. The molecule has 6 nitrogen and oxygen atoms in total. The van der Waals surface area contributed by atoms with E-state index in [0.717, 1.165) is 19.3 Å². The van der Waals surface area contributed by atoms with Crippen LogP contribution in [0.1, 0.15) is 29.8 Å². The van der Waals surface area contributed by atoms with E-state index in [9.17, 15) is 9.59 Å². The maximum absolute atomic E-state index is 11.8. The fourth-order valence-corrected chi connectivity index (χ4v) is 2.02. The zero-order valence-electron chi connectivity index (χ0n) is 10.7. The van der Waals surface area contributed by atoms with Gasteiger partial charge in [0.2, 0.25) is 5.91 Å². The van der Waals surface area contributed by atoms with Gasteiger partial charge in [0.25, 0.3) is 5.91 Å². The molecule has 3 N–H and O–H groups in total. The molecular formula is C13H18N4O2. The van der Waals surface area contributed by atoms with E-state index in [1.165, 1.54) is 6.20 Å². The summed E-state index contributed by atoms with van der Waals surface area (Å²) in [5.74, 6) is -0.0687. The summed E-state index contributed by atoms with van der Waals surface area (Å²) >= 11 is 0. The monoisotopic (exact) mass is 262 g/mol. The Kier molecular flexibility index (Phi) is 4.72. The highest BCUT2D eigenvalue weighted by Crippen LogP contribution is 2.17. The lowest BCUT2D eigenvalue weighted by Gasteiger charge is -2.17. The van der Waals surface area contributed by atoms with E-state index in [-0.39, 0.29) is 17.7 Å². The highest BCUT2D eigenvalue weighted by molar-refractivity contribution is 5.92. The Morgan fingerprint density at radius 3 is 2.84 bits per heavy atom. The van der Waals surface area contributed by atoms with Crippen LogP contribution in [0.2, 0.25) is 0 Å². The van der Waals surface area contributed by atoms with Crippen LogP contribution in [0.5, 0.6) is 0 Å². The minimum absolute atomic E-state index is 0.0696. The predicted molar refractivity (Wildman–Crippen MR) is 70.4 cm³/mol. The Balaban J connectivity index is 1.62. The van der Waals surface area contributed by atoms with Gasteiger partial charge in [-0.15, -0.1) is 0 Å². The summed E-state index contributed by atoms with van der Waals surface area (Å²) in [5, 5.41) is 11.8. The van der Waals surface area contributed by atoms with Crippen LogP contribution >= 0.6 is 0 Å². The molecule has 1 atom stereocenters. The first-order chi connectivity index (χ1) is 9.27. The van der Waals surface area contributed by atoms with E-state index in [1.807, 2.05) is 6.08 Å². The van der Waals surface area contributed by atoms with Crippen molar-refractivity contribution in [2.45, 2.75) is 19.3 Å². The molecule has 2 amide bonds. The first-order valence-corrected chi connectivity index (χ1v) is 6.47. The molecule has 2 rings (SSSR count). The van der Waals surface area contributed by atoms with E-state index in [1.54, 1.807) is 6.07 Å². The molecule has 1 aromatic heterocycles. The van der Waals surface area contributed by atoms with Crippen molar-refractivity contribution in [1.82, 2.24) is 20.8 Å². The SMILES string of the molecule is O=C(NCCNC(=O)C1CC=CCC1)c1ccn[nH]1. The largest absolute Gasteiger partial charge is 0.354 e. The van der Waals surface area contributed by atoms with E-state index in [2.05, 4.69) is 26.9 Å². The Labute approximate surface area is 111 Å². The molecule has 0 aliphatic heterocycles. The lowest BCUT2D eigenvalue weighted by Crippen LogP contribution is -2.37. The van der Waals surface area contributed by atoms with Crippen molar-refractivity contribution in [3.05, 3.63) is 30.1 Å². The molecule has 1 unspecified atom stereocenters. The normalized spacial score (nSPS) is 18.0. The quantitative estimate of drug-likeness (QED) is 0.537. The molecule has 0 saturated heterocycles. The van der Waals surface area contributed by atoms with Crippen LogP contribution in [-0.4, -0.2) is 35.1 Å². The molecule has 1 heterocycles. The van der Waals surface area contributed by atoms with E-state index < -0.39 is 0 Å². The second-order valence-corrected chi connectivity index (χ2v) is 4.50. The molecular weight excluding hydrogens is 244 g/mol. The Morgan fingerprint density at radius 1 is 1.32 bits per heavy atom. The van der Waals surface area contributed by atoms with Gasteiger partial charge in [-0.1, -0.05) is 12.2 Å². The van der Waals surface area contributed by atoms with Crippen molar-refractivity contribution < 1.29 is 9.59 Å². The summed E-state index contributed by atoms with van der Waals surface area (Å²) in [5.41, 5.74) is 0.420. The molecule has 102 valence electrons. The lowest BCUT2D eigenvalue weighted by atomic mass is 9.94. The summed E-state index contributed by atoms with van der Waals surface area (Å²) < 4.78 is 0. The number of rotatable bonds is 5. The van der Waals surface area contributed by atoms with Crippen LogP contribution in [0.25, 0.3) is 0 Å². The van der Waals surface area contributed by atoms with Crippen LogP contribution in [0.4, 0.5) is 0 Å². The summed E-state index contributed by atoms with van der Waals surface area (Å²) in [4.78, 5) is 23.3. The fourth-order valence-electron chi connectivity index (χ4n) is 2.02. The highest BCUT2D eigenvalue weighted by atomic mass is 16.2. The van der Waals surface area contributed by atoms with Gasteiger partial charge in [-0.05, 0) is 25.3 Å². The van der Waals surface area contributed by atoms with Crippen LogP contribution in [0, 0.1) is 5.92 Å². The minimum Gasteiger partial charge on any atom is -0.354 e. The highest BCUT2D eigenvalue weighted by Gasteiger charge is 2.17. The zero-order valence-corrected chi connectivity index (χ0v) is 10.7. The number of amides is 2. The van der Waals surface area contributed by atoms with Gasteiger partial charge in [-0.3, -0.25) is 14.7 Å². The number of aromatic amines is 1. The molecule has 1 aliphatic rings. The molecule has 0 saturated carbocycles. The maximum atomic E-state index is 11.8. The molecule has 1 aliphatic carbocycles. The number of carbonyl (C=O) groups is 2. The third-order valence-corrected chi connectivity index (χ3v) is 3.10. The minimum atomic E-state index is -0.215. The summed E-state index contributed by atoms with van der Waals surface area (Å²) in [6, 6.07) is 1.60. The Hall–Kier alpha value is -2.11. The van der Waals surface area contributed by atoms with Gasteiger partial charge in [0.05, 0.1) is 0 Å². The summed E-state index contributed by atoms with van der Waals surface area (Å²) in [6.07, 6.45) is 8.36. The maximum Gasteiger partial charge on any atom is 0.269 e. The molecule has 0 radical (unpaired) electrons. The molecule has 0 aromatic carbocycles. The van der Waals surface area contributed by atoms with Crippen molar-refractivity contribution in [3.8, 4) is 0 Å². The van der Waals surface area contributed by atoms with Gasteiger partial charge in [0, 0.05) is 25.2 Å². The van der Waals surface area contributed by atoms with Gasteiger partial charge in [0.1, 0.15) is 5.69 Å².